The molecule has 244 valence electrons. The van der Waals surface area contributed by atoms with Crippen molar-refractivity contribution in [3.8, 4) is 39.9 Å². The topological polar surface area (TPSA) is 161 Å². The second kappa shape index (κ2) is 12.9. The van der Waals surface area contributed by atoms with Crippen LogP contribution in [-0.4, -0.2) is 75.8 Å². The Morgan fingerprint density at radius 2 is 1.74 bits per heavy atom. The van der Waals surface area contributed by atoms with Crippen molar-refractivity contribution >= 4 is 6.08 Å². The predicted molar refractivity (Wildman–Crippen MR) is 173 cm³/mol. The van der Waals surface area contributed by atoms with E-state index in [1.807, 2.05) is 12.1 Å². The van der Waals surface area contributed by atoms with Gasteiger partial charge in [-0.1, -0.05) is 24.3 Å². The normalized spacial score (nSPS) is 19.0. The SMILES string of the molecule is OCCOc1cc(C2Oc3cc(OC(CO)CO)c4c(c3CC2O)CC(Cc2ccc3c(c2)=CCN=3)c2cc(O)ccc2-4)ccc1O. The highest BCUT2D eigenvalue weighted by molar-refractivity contribution is 5.83. The van der Waals surface area contributed by atoms with E-state index in [0.717, 1.165) is 44.0 Å². The lowest BCUT2D eigenvalue weighted by molar-refractivity contribution is 0.0195. The molecular weight excluding hydrogens is 602 g/mol. The maximum atomic E-state index is 11.5. The van der Waals surface area contributed by atoms with E-state index in [1.54, 1.807) is 30.3 Å². The molecule has 0 fully saturated rings. The average Bonchev–Trinajstić information content (AvgIpc) is 3.55. The third kappa shape index (κ3) is 5.89. The van der Waals surface area contributed by atoms with Crippen molar-refractivity contribution < 1.29 is 44.8 Å². The molecule has 10 heteroatoms. The van der Waals surface area contributed by atoms with Crippen molar-refractivity contribution in [1.82, 2.24) is 0 Å². The molecule has 2 aliphatic heterocycles. The van der Waals surface area contributed by atoms with Crippen molar-refractivity contribution in [2.45, 2.75) is 43.5 Å². The highest BCUT2D eigenvalue weighted by Gasteiger charge is 2.38. The molecule has 3 aliphatic rings. The fraction of sp³-hybridized carbons (Fsp3) is 0.324. The molecule has 0 spiro atoms. The molecule has 3 unspecified atom stereocenters. The molecule has 6 N–H and O–H groups in total. The van der Waals surface area contributed by atoms with Crippen LogP contribution < -0.4 is 24.8 Å². The number of hydrogen-bond donors (Lipinski definition) is 6. The third-order valence-electron chi connectivity index (χ3n) is 9.19. The van der Waals surface area contributed by atoms with Gasteiger partial charge in [-0.2, -0.15) is 0 Å². The summed E-state index contributed by atoms with van der Waals surface area (Å²) in [6, 6.07) is 18.0. The molecule has 4 aromatic carbocycles. The van der Waals surface area contributed by atoms with E-state index in [4.69, 9.17) is 14.2 Å². The van der Waals surface area contributed by atoms with Gasteiger partial charge in [-0.15, -0.1) is 0 Å². The van der Waals surface area contributed by atoms with Crippen LogP contribution in [0.1, 0.15) is 39.8 Å². The van der Waals surface area contributed by atoms with Crippen LogP contribution in [0.15, 0.2) is 65.7 Å². The molecule has 47 heavy (non-hydrogen) atoms. The van der Waals surface area contributed by atoms with E-state index >= 15 is 0 Å². The first kappa shape index (κ1) is 31.0. The average molecular weight is 640 g/mol. The summed E-state index contributed by atoms with van der Waals surface area (Å²) in [5, 5.41) is 63.5. The summed E-state index contributed by atoms with van der Waals surface area (Å²) in [7, 11) is 0. The molecule has 2 heterocycles. The number of rotatable bonds is 10. The molecule has 0 aromatic heterocycles. The van der Waals surface area contributed by atoms with Crippen LogP contribution in [0.4, 0.5) is 0 Å². The summed E-state index contributed by atoms with van der Waals surface area (Å²) in [4.78, 5) is 4.51. The maximum Gasteiger partial charge on any atom is 0.161 e. The molecular formula is C37H37NO9. The Morgan fingerprint density at radius 1 is 0.894 bits per heavy atom. The summed E-state index contributed by atoms with van der Waals surface area (Å²) in [6.45, 7) is -0.352. The number of ether oxygens (including phenoxy) is 3. The van der Waals surface area contributed by atoms with Crippen LogP contribution in [0.2, 0.25) is 0 Å². The third-order valence-corrected chi connectivity index (χ3v) is 9.19. The van der Waals surface area contributed by atoms with Crippen molar-refractivity contribution in [1.29, 1.82) is 0 Å². The molecule has 10 nitrogen and oxygen atoms in total. The highest BCUT2D eigenvalue weighted by atomic mass is 16.5. The van der Waals surface area contributed by atoms with Gasteiger partial charge in [0.05, 0.1) is 37.8 Å². The van der Waals surface area contributed by atoms with E-state index in [1.165, 1.54) is 6.07 Å². The minimum Gasteiger partial charge on any atom is -0.508 e. The lowest BCUT2D eigenvalue weighted by atomic mass is 9.73. The number of nitrogens with zero attached hydrogens (tertiary/aromatic N) is 1. The van der Waals surface area contributed by atoms with Gasteiger partial charge in [0.2, 0.25) is 0 Å². The highest BCUT2D eigenvalue weighted by Crippen LogP contribution is 2.52. The lowest BCUT2D eigenvalue weighted by Gasteiger charge is -2.37. The van der Waals surface area contributed by atoms with Gasteiger partial charge in [-0.25, -0.2) is 0 Å². The monoisotopic (exact) mass is 639 g/mol. The Balaban J connectivity index is 1.33. The molecule has 4 aromatic rings. The van der Waals surface area contributed by atoms with Crippen molar-refractivity contribution in [3.05, 3.63) is 99.1 Å². The molecule has 0 saturated carbocycles. The minimum absolute atomic E-state index is 0.00287. The van der Waals surface area contributed by atoms with Gasteiger partial charge in [0.1, 0.15) is 36.1 Å². The Hall–Kier alpha value is -4.61. The van der Waals surface area contributed by atoms with Crippen molar-refractivity contribution in [2.75, 3.05) is 33.0 Å². The standard InChI is InChI=1S/C37H37NO9/c39-9-10-45-34-14-22(2-6-31(34)43)37-32(44)16-28-29-13-23(12-20-1-5-30-21(11-20)7-8-38-30)27-15-24(42)3-4-26(27)36(29)35(17-33(28)47-37)46-25(18-40)19-41/h1-7,11,14-15,17,23,25,32,37,39-44H,8-10,12-13,16,18-19H2. The van der Waals surface area contributed by atoms with Gasteiger partial charge < -0.3 is 44.8 Å². The molecule has 0 amide bonds. The molecule has 0 radical (unpaired) electrons. The van der Waals surface area contributed by atoms with Crippen LogP contribution in [0.3, 0.4) is 0 Å². The van der Waals surface area contributed by atoms with Crippen LogP contribution in [-0.2, 0) is 19.3 Å². The number of aliphatic hydroxyl groups is 4. The summed E-state index contributed by atoms with van der Waals surface area (Å²) in [6.07, 6.45) is 1.03. The van der Waals surface area contributed by atoms with Crippen LogP contribution in [0.5, 0.6) is 28.7 Å². The molecule has 0 bridgehead atoms. The van der Waals surface area contributed by atoms with Crippen molar-refractivity contribution in [3.63, 3.8) is 0 Å². The summed E-state index contributed by atoms with van der Waals surface area (Å²) in [5.41, 5.74) is 6.10. The Labute approximate surface area is 271 Å². The van der Waals surface area contributed by atoms with E-state index in [2.05, 4.69) is 23.2 Å². The number of fused-ring (bicyclic) bond motifs is 6. The van der Waals surface area contributed by atoms with E-state index in [0.29, 0.717) is 36.4 Å². The fourth-order valence-electron chi connectivity index (χ4n) is 7.00. The summed E-state index contributed by atoms with van der Waals surface area (Å²) >= 11 is 0. The number of phenols is 2. The van der Waals surface area contributed by atoms with Crippen LogP contribution >= 0.6 is 0 Å². The number of aromatic hydroxyl groups is 2. The molecule has 1 aliphatic carbocycles. The first-order chi connectivity index (χ1) is 22.9. The van der Waals surface area contributed by atoms with Gasteiger partial charge in [-0.05, 0) is 88.2 Å². The Kier molecular flexibility index (Phi) is 8.50. The molecule has 0 saturated heterocycles. The smallest absolute Gasteiger partial charge is 0.161 e. The zero-order chi connectivity index (χ0) is 32.7. The largest absolute Gasteiger partial charge is 0.508 e. The Morgan fingerprint density at radius 3 is 2.55 bits per heavy atom. The van der Waals surface area contributed by atoms with E-state index < -0.39 is 31.5 Å². The van der Waals surface area contributed by atoms with Crippen LogP contribution in [0, 0.1) is 0 Å². The quantitative estimate of drug-likeness (QED) is 0.153. The fourth-order valence-corrected chi connectivity index (χ4v) is 7.00. The van der Waals surface area contributed by atoms with Gasteiger partial charge in [-0.3, -0.25) is 4.99 Å². The number of benzene rings is 4. The summed E-state index contributed by atoms with van der Waals surface area (Å²) in [5.74, 6) is 1.12. The molecule has 7 rings (SSSR count). The lowest BCUT2D eigenvalue weighted by Crippen LogP contribution is -2.32. The van der Waals surface area contributed by atoms with Gasteiger partial charge in [0.25, 0.3) is 0 Å². The second-order valence-corrected chi connectivity index (χ2v) is 12.2. The maximum absolute atomic E-state index is 11.5. The minimum atomic E-state index is -0.938. The molecule has 3 atom stereocenters. The first-order valence-electron chi connectivity index (χ1n) is 15.8. The van der Waals surface area contributed by atoms with E-state index in [-0.39, 0.29) is 42.8 Å². The van der Waals surface area contributed by atoms with Gasteiger partial charge in [0.15, 0.2) is 11.5 Å². The van der Waals surface area contributed by atoms with Crippen LogP contribution in [0.25, 0.3) is 17.2 Å². The number of hydrogen-bond acceptors (Lipinski definition) is 10. The van der Waals surface area contributed by atoms with E-state index in [9.17, 15) is 30.6 Å². The van der Waals surface area contributed by atoms with Gasteiger partial charge >= 0.3 is 0 Å². The zero-order valence-electron chi connectivity index (χ0n) is 25.7. The Bertz CT molecular complexity index is 1940. The van der Waals surface area contributed by atoms with Crippen molar-refractivity contribution in [2.24, 2.45) is 4.99 Å². The number of aliphatic hydroxyl groups excluding tert-OH is 4. The predicted octanol–water partition coefficient (Wildman–Crippen LogP) is 2.20. The zero-order valence-corrected chi connectivity index (χ0v) is 25.7. The first-order valence-corrected chi connectivity index (χ1v) is 15.8. The number of phenolic OH excluding ortho intramolecular Hbond substituents is 2. The van der Waals surface area contributed by atoms with Gasteiger partial charge in [0, 0.05) is 23.6 Å². The second-order valence-electron chi connectivity index (χ2n) is 12.2. The summed E-state index contributed by atoms with van der Waals surface area (Å²) < 4.78 is 18.2.